The van der Waals surface area contributed by atoms with Gasteiger partial charge in [-0.1, -0.05) is 5.16 Å². The van der Waals surface area contributed by atoms with Gasteiger partial charge in [-0.25, -0.2) is 0 Å². The van der Waals surface area contributed by atoms with Crippen molar-refractivity contribution in [3.05, 3.63) is 46.5 Å². The zero-order valence-electron chi connectivity index (χ0n) is 13.6. The van der Waals surface area contributed by atoms with Crippen LogP contribution in [-0.4, -0.2) is 33.6 Å². The van der Waals surface area contributed by atoms with E-state index < -0.39 is 5.91 Å². The van der Waals surface area contributed by atoms with Crippen molar-refractivity contribution in [2.45, 2.75) is 20.3 Å². The number of nitrogens with zero attached hydrogens (tertiary/aromatic N) is 3. The Bertz CT molecular complexity index is 878. The second-order valence-corrected chi connectivity index (χ2v) is 5.39. The van der Waals surface area contributed by atoms with Gasteiger partial charge in [0.2, 0.25) is 0 Å². The first-order valence-corrected chi connectivity index (χ1v) is 7.31. The molecule has 0 aliphatic heterocycles. The number of amides is 1. The minimum absolute atomic E-state index is 0.100. The van der Waals surface area contributed by atoms with Gasteiger partial charge < -0.3 is 15.0 Å². The molecule has 2 heterocycles. The highest BCUT2D eigenvalue weighted by Gasteiger charge is 2.18. The maximum absolute atomic E-state index is 11.5. The van der Waals surface area contributed by atoms with E-state index in [-0.39, 0.29) is 5.69 Å². The molecule has 0 unspecified atom stereocenters. The number of ether oxygens (including phenoxy) is 1. The van der Waals surface area contributed by atoms with Crippen LogP contribution in [0.4, 0.5) is 0 Å². The average Bonchev–Trinajstić information content (AvgIpc) is 3.17. The van der Waals surface area contributed by atoms with Crippen LogP contribution in [0.5, 0.6) is 5.75 Å². The van der Waals surface area contributed by atoms with E-state index in [0.29, 0.717) is 12.1 Å². The van der Waals surface area contributed by atoms with Crippen LogP contribution < -0.4 is 10.5 Å². The molecule has 0 spiro atoms. The van der Waals surface area contributed by atoms with E-state index in [9.17, 15) is 4.79 Å². The van der Waals surface area contributed by atoms with E-state index in [2.05, 4.69) is 20.6 Å². The molecule has 0 radical (unpaired) electrons. The van der Waals surface area contributed by atoms with Gasteiger partial charge in [0.05, 0.1) is 12.8 Å². The molecule has 0 aliphatic rings. The molecule has 124 valence electrons. The third-order valence-electron chi connectivity index (χ3n) is 3.88. The summed E-state index contributed by atoms with van der Waals surface area (Å²) in [7, 11) is 1.61. The van der Waals surface area contributed by atoms with Crippen LogP contribution in [-0.2, 0) is 6.42 Å². The number of methoxy groups -OCH3 is 1. The number of hydrogen-bond acceptors (Lipinski definition) is 6. The fraction of sp³-hybridized carbons (Fsp3) is 0.250. The number of benzene rings is 1. The van der Waals surface area contributed by atoms with E-state index in [1.54, 1.807) is 13.2 Å². The Hall–Kier alpha value is -3.16. The summed E-state index contributed by atoms with van der Waals surface area (Å²) in [6.45, 7) is 3.76. The molecule has 0 atom stereocenters. The third-order valence-corrected chi connectivity index (χ3v) is 3.88. The summed E-state index contributed by atoms with van der Waals surface area (Å²) < 4.78 is 10.7. The lowest BCUT2D eigenvalue weighted by atomic mass is 9.99. The number of nitrogens with one attached hydrogen (secondary N) is 1. The highest BCUT2D eigenvalue weighted by atomic mass is 16.5. The van der Waals surface area contributed by atoms with E-state index in [1.807, 2.05) is 26.0 Å². The summed E-state index contributed by atoms with van der Waals surface area (Å²) in [5.41, 5.74) is 9.32. The Labute approximate surface area is 138 Å². The van der Waals surface area contributed by atoms with Gasteiger partial charge in [-0.05, 0) is 37.6 Å². The molecule has 0 saturated carbocycles. The predicted molar refractivity (Wildman–Crippen MR) is 85.7 cm³/mol. The summed E-state index contributed by atoms with van der Waals surface area (Å²) in [6.07, 6.45) is 0.585. The quantitative estimate of drug-likeness (QED) is 0.737. The standard InChI is InChI=1S/C16H17N5O3/c1-8-12(9(2)24-20-8)7-11-6-10(4-5-13(11)23-3)14-15(16(17)22)19-21-18-14/h4-6H,7H2,1-3H3,(H2,17,22)(H,18,19,21). The molecule has 3 N–H and O–H groups in total. The smallest absolute Gasteiger partial charge is 0.271 e. The van der Waals surface area contributed by atoms with E-state index in [0.717, 1.165) is 33.9 Å². The van der Waals surface area contributed by atoms with Gasteiger partial charge in [0, 0.05) is 17.5 Å². The van der Waals surface area contributed by atoms with E-state index in [4.69, 9.17) is 15.0 Å². The zero-order valence-corrected chi connectivity index (χ0v) is 13.6. The Morgan fingerprint density at radius 1 is 1.33 bits per heavy atom. The minimum Gasteiger partial charge on any atom is -0.496 e. The number of primary amides is 1. The Morgan fingerprint density at radius 3 is 2.75 bits per heavy atom. The average molecular weight is 327 g/mol. The molecule has 3 rings (SSSR count). The molecule has 3 aromatic rings. The summed E-state index contributed by atoms with van der Waals surface area (Å²) in [4.78, 5) is 11.5. The van der Waals surface area contributed by atoms with Crippen molar-refractivity contribution in [2.24, 2.45) is 5.73 Å². The summed E-state index contributed by atoms with van der Waals surface area (Å²) in [5.74, 6) is 0.851. The first kappa shape index (κ1) is 15.7. The molecule has 1 aromatic carbocycles. The maximum atomic E-state index is 11.5. The van der Waals surface area contributed by atoms with Gasteiger partial charge in [0.15, 0.2) is 5.69 Å². The van der Waals surface area contributed by atoms with Crippen LogP contribution in [0.3, 0.4) is 0 Å². The second kappa shape index (κ2) is 6.15. The maximum Gasteiger partial charge on any atom is 0.271 e. The number of H-pyrrole nitrogens is 1. The van der Waals surface area contributed by atoms with E-state index >= 15 is 0 Å². The predicted octanol–water partition coefficient (Wildman–Crippen LogP) is 1.77. The third kappa shape index (κ3) is 2.73. The normalized spacial score (nSPS) is 10.8. The molecule has 0 aliphatic carbocycles. The van der Waals surface area contributed by atoms with Crippen LogP contribution in [0, 0.1) is 13.8 Å². The Balaban J connectivity index is 2.06. The minimum atomic E-state index is -0.637. The van der Waals surface area contributed by atoms with Crippen molar-refractivity contribution in [3.63, 3.8) is 0 Å². The molecule has 8 heteroatoms. The lowest BCUT2D eigenvalue weighted by Gasteiger charge is -2.10. The highest BCUT2D eigenvalue weighted by molar-refractivity contribution is 5.96. The van der Waals surface area contributed by atoms with Gasteiger partial charge in [-0.3, -0.25) is 4.79 Å². The monoisotopic (exact) mass is 327 g/mol. The molecule has 24 heavy (non-hydrogen) atoms. The molecular weight excluding hydrogens is 310 g/mol. The molecular formula is C16H17N5O3. The van der Waals surface area contributed by atoms with Crippen molar-refractivity contribution in [1.29, 1.82) is 0 Å². The van der Waals surface area contributed by atoms with Crippen molar-refractivity contribution in [1.82, 2.24) is 20.6 Å². The van der Waals surface area contributed by atoms with Crippen molar-refractivity contribution in [3.8, 4) is 17.0 Å². The summed E-state index contributed by atoms with van der Waals surface area (Å²) in [6, 6.07) is 5.53. The number of aromatic amines is 1. The number of aromatic nitrogens is 4. The van der Waals surface area contributed by atoms with Gasteiger partial charge in [0.1, 0.15) is 17.2 Å². The highest BCUT2D eigenvalue weighted by Crippen LogP contribution is 2.30. The first-order valence-electron chi connectivity index (χ1n) is 7.31. The number of aryl methyl sites for hydroxylation is 2. The van der Waals surface area contributed by atoms with Crippen LogP contribution in [0.2, 0.25) is 0 Å². The molecule has 2 aromatic heterocycles. The summed E-state index contributed by atoms with van der Waals surface area (Å²) in [5, 5.41) is 14.2. The largest absolute Gasteiger partial charge is 0.496 e. The first-order chi connectivity index (χ1) is 11.5. The molecule has 0 bridgehead atoms. The molecule has 1 amide bonds. The van der Waals surface area contributed by atoms with Crippen LogP contribution in [0.15, 0.2) is 22.7 Å². The lowest BCUT2D eigenvalue weighted by Crippen LogP contribution is -2.12. The van der Waals surface area contributed by atoms with Crippen LogP contribution >= 0.6 is 0 Å². The molecule has 0 fully saturated rings. The number of rotatable bonds is 5. The lowest BCUT2D eigenvalue weighted by molar-refractivity contribution is 0.0996. The number of carbonyl (C=O) groups is 1. The van der Waals surface area contributed by atoms with Crippen molar-refractivity contribution < 1.29 is 14.1 Å². The molecule has 0 saturated heterocycles. The van der Waals surface area contributed by atoms with Gasteiger partial charge in [-0.15, -0.1) is 0 Å². The molecule has 8 nitrogen and oxygen atoms in total. The van der Waals surface area contributed by atoms with Gasteiger partial charge in [0.25, 0.3) is 5.91 Å². The Morgan fingerprint density at radius 2 is 2.12 bits per heavy atom. The fourth-order valence-corrected chi connectivity index (χ4v) is 2.61. The van der Waals surface area contributed by atoms with Gasteiger partial charge >= 0.3 is 0 Å². The Kier molecular flexibility index (Phi) is 4.03. The fourth-order valence-electron chi connectivity index (χ4n) is 2.61. The SMILES string of the molecule is COc1ccc(-c2n[nH]nc2C(N)=O)cc1Cc1c(C)noc1C. The zero-order chi connectivity index (χ0) is 17.3. The number of nitrogens with two attached hydrogens (primary N) is 1. The van der Waals surface area contributed by atoms with E-state index in [1.165, 1.54) is 0 Å². The number of hydrogen-bond donors (Lipinski definition) is 2. The summed E-state index contributed by atoms with van der Waals surface area (Å²) >= 11 is 0. The topological polar surface area (TPSA) is 120 Å². The van der Waals surface area contributed by atoms with Crippen LogP contribution in [0.1, 0.15) is 33.1 Å². The van der Waals surface area contributed by atoms with Crippen molar-refractivity contribution >= 4 is 5.91 Å². The van der Waals surface area contributed by atoms with Crippen LogP contribution in [0.25, 0.3) is 11.3 Å². The second-order valence-electron chi connectivity index (χ2n) is 5.39. The van der Waals surface area contributed by atoms with Gasteiger partial charge in [-0.2, -0.15) is 15.4 Å². The van der Waals surface area contributed by atoms with Crippen molar-refractivity contribution in [2.75, 3.05) is 7.11 Å². The number of carbonyl (C=O) groups excluding carboxylic acids is 1.